The van der Waals surface area contributed by atoms with E-state index >= 15 is 0 Å². The molecule has 19 heteroatoms. The molecule has 44 heavy (non-hydrogen) atoms. The minimum atomic E-state index is -4.86. The number of pyridine rings is 1. The van der Waals surface area contributed by atoms with Crippen molar-refractivity contribution in [2.45, 2.75) is 51.1 Å². The number of hydrogen-bond acceptors (Lipinski definition) is 9. The molecule has 0 fully saturated rings. The number of carbonyl (C=O) groups is 2. The molecule has 11 nitrogen and oxygen atoms in total. The number of anilines is 1. The van der Waals surface area contributed by atoms with Crippen LogP contribution in [0.1, 0.15) is 38.9 Å². The first-order valence-electron chi connectivity index (χ1n) is 12.6. The minimum Gasteiger partial charge on any atom is -0.406 e. The molecule has 0 saturated heterocycles. The molecule has 1 unspecified atom stereocenters. The molecule has 0 spiro atoms. The molecule has 4 aromatic rings. The molecular weight excluding hydrogens is 625 g/mol. The lowest BCUT2D eigenvalue weighted by Gasteiger charge is -2.09. The van der Waals surface area contributed by atoms with Crippen LogP contribution < -0.4 is 15.4 Å². The summed E-state index contributed by atoms with van der Waals surface area (Å²) in [7, 11) is 0. The quantitative estimate of drug-likeness (QED) is 0.215. The van der Waals surface area contributed by atoms with Crippen LogP contribution in [0.15, 0.2) is 48.7 Å². The maximum absolute atomic E-state index is 14.6. The largest absolute Gasteiger partial charge is 0.573 e. The number of alkyl halides is 7. The van der Waals surface area contributed by atoms with Crippen LogP contribution in [-0.2, 0) is 36.9 Å². The van der Waals surface area contributed by atoms with Crippen LogP contribution >= 0.6 is 11.3 Å². The van der Waals surface area contributed by atoms with Crippen molar-refractivity contribution in [1.29, 1.82) is 0 Å². The molecule has 1 aromatic carbocycles. The monoisotopic (exact) mass is 646 g/mol. The lowest BCUT2D eigenvalue weighted by atomic mass is 10.1. The van der Waals surface area contributed by atoms with Crippen molar-refractivity contribution in [3.63, 3.8) is 0 Å². The average molecular weight is 647 g/mol. The number of hydrogen-bond donors (Lipinski definition) is 2. The van der Waals surface area contributed by atoms with Crippen LogP contribution in [0, 0.1) is 0 Å². The molecule has 0 bridgehead atoms. The standard InChI is InChI=1S/C25H21F7N8O3S/c26-15(12-40-13-18(36-39-40)22(42)33-11-16-4-2-6-19(34-16)24(27,28)29)7-8-21-37-38-23(44-21)35-20(41)10-14-3-1-5-17(9-14)43-25(30,31)32/h1-6,9,13,15H,7-8,10-12H2,(H,33,42)(H,35,38,41). The third kappa shape index (κ3) is 9.96. The Bertz CT molecular complexity index is 1590. The second kappa shape index (κ2) is 13.7. The first-order chi connectivity index (χ1) is 20.7. The lowest BCUT2D eigenvalue weighted by molar-refractivity contribution is -0.274. The third-order valence-corrected chi connectivity index (χ3v) is 6.46. The van der Waals surface area contributed by atoms with Gasteiger partial charge in [-0.3, -0.25) is 9.59 Å². The molecule has 3 heterocycles. The number of aryl methyl sites for hydroxylation is 1. The maximum Gasteiger partial charge on any atom is 0.573 e. The van der Waals surface area contributed by atoms with E-state index in [9.17, 15) is 40.3 Å². The second-order valence-corrected chi connectivity index (χ2v) is 10.1. The number of aromatic nitrogens is 6. The van der Waals surface area contributed by atoms with E-state index in [-0.39, 0.29) is 54.4 Å². The molecule has 1 atom stereocenters. The van der Waals surface area contributed by atoms with Gasteiger partial charge in [-0.1, -0.05) is 34.7 Å². The van der Waals surface area contributed by atoms with Gasteiger partial charge in [0, 0.05) is 6.42 Å². The number of halogens is 7. The molecule has 0 aliphatic carbocycles. The normalized spacial score (nSPS) is 12.5. The molecule has 4 rings (SSSR count). The lowest BCUT2D eigenvalue weighted by Crippen LogP contribution is -2.24. The number of carbonyl (C=O) groups excluding carboxylic acids is 2. The summed E-state index contributed by atoms with van der Waals surface area (Å²) in [5.41, 5.74) is -1.01. The van der Waals surface area contributed by atoms with Crippen LogP contribution in [0.3, 0.4) is 0 Å². The molecule has 234 valence electrons. The van der Waals surface area contributed by atoms with Crippen molar-refractivity contribution in [2.75, 3.05) is 5.32 Å². The highest BCUT2D eigenvalue weighted by Crippen LogP contribution is 2.27. The molecule has 0 radical (unpaired) electrons. The zero-order valence-electron chi connectivity index (χ0n) is 22.2. The minimum absolute atomic E-state index is 0.0167. The van der Waals surface area contributed by atoms with E-state index in [2.05, 4.69) is 40.9 Å². The van der Waals surface area contributed by atoms with E-state index in [0.717, 1.165) is 40.3 Å². The Morgan fingerprint density at radius 1 is 1.02 bits per heavy atom. The number of ether oxygens (including phenoxy) is 1. The zero-order valence-corrected chi connectivity index (χ0v) is 23.0. The van der Waals surface area contributed by atoms with Gasteiger partial charge in [-0.05, 0) is 36.2 Å². The molecule has 0 aliphatic heterocycles. The molecule has 2 N–H and O–H groups in total. The molecule has 3 aromatic heterocycles. The summed E-state index contributed by atoms with van der Waals surface area (Å²) < 4.78 is 95.1. The Labute approximate surface area is 247 Å². The Balaban J connectivity index is 1.20. The number of rotatable bonds is 12. The Kier molecular flexibility index (Phi) is 10.1. The van der Waals surface area contributed by atoms with Crippen molar-refractivity contribution >= 4 is 28.3 Å². The van der Waals surface area contributed by atoms with Gasteiger partial charge in [0.25, 0.3) is 5.91 Å². The summed E-state index contributed by atoms with van der Waals surface area (Å²) in [4.78, 5) is 28.0. The summed E-state index contributed by atoms with van der Waals surface area (Å²) in [6.07, 6.45) is -9.86. The third-order valence-electron chi connectivity index (χ3n) is 5.57. The topological polar surface area (TPSA) is 137 Å². The predicted octanol–water partition coefficient (Wildman–Crippen LogP) is 4.52. The number of nitrogens with one attached hydrogen (secondary N) is 2. The molecule has 0 aliphatic rings. The van der Waals surface area contributed by atoms with E-state index < -0.39 is 42.0 Å². The van der Waals surface area contributed by atoms with Crippen LogP contribution in [0.2, 0.25) is 0 Å². The van der Waals surface area contributed by atoms with Gasteiger partial charge in [-0.25, -0.2) is 14.1 Å². The maximum atomic E-state index is 14.6. The fourth-order valence-corrected chi connectivity index (χ4v) is 4.44. The summed E-state index contributed by atoms with van der Waals surface area (Å²) in [6.45, 7) is -0.551. The Hall–Kier alpha value is -4.68. The van der Waals surface area contributed by atoms with Crippen molar-refractivity contribution in [3.8, 4) is 5.75 Å². The number of nitrogens with zero attached hydrogens (tertiary/aromatic N) is 6. The van der Waals surface area contributed by atoms with Crippen LogP contribution in [0.25, 0.3) is 0 Å². The Morgan fingerprint density at radius 2 is 1.80 bits per heavy atom. The summed E-state index contributed by atoms with van der Waals surface area (Å²) in [5, 5.41) is 20.4. The summed E-state index contributed by atoms with van der Waals surface area (Å²) in [5.74, 6) is -1.76. The number of amides is 2. The van der Waals surface area contributed by atoms with Crippen molar-refractivity contribution in [3.05, 3.63) is 76.3 Å². The fourth-order valence-electron chi connectivity index (χ4n) is 3.67. The summed E-state index contributed by atoms with van der Waals surface area (Å²) >= 11 is 0.995. The summed E-state index contributed by atoms with van der Waals surface area (Å²) in [6, 6.07) is 8.25. The van der Waals surface area contributed by atoms with Gasteiger partial charge < -0.3 is 15.4 Å². The second-order valence-electron chi connectivity index (χ2n) is 9.08. The first-order valence-corrected chi connectivity index (χ1v) is 13.4. The smallest absolute Gasteiger partial charge is 0.406 e. The van der Waals surface area contributed by atoms with E-state index in [4.69, 9.17) is 0 Å². The van der Waals surface area contributed by atoms with E-state index in [1.54, 1.807) is 0 Å². The molecular formula is C25H21F7N8O3S. The van der Waals surface area contributed by atoms with Gasteiger partial charge in [0.2, 0.25) is 11.0 Å². The fraction of sp³-hybridized carbons (Fsp3) is 0.320. The highest BCUT2D eigenvalue weighted by Gasteiger charge is 2.32. The van der Waals surface area contributed by atoms with Gasteiger partial charge in [0.05, 0.1) is 31.4 Å². The Morgan fingerprint density at radius 3 is 2.55 bits per heavy atom. The van der Waals surface area contributed by atoms with Gasteiger partial charge in [0.15, 0.2) is 5.69 Å². The highest BCUT2D eigenvalue weighted by molar-refractivity contribution is 7.15. The zero-order chi connectivity index (χ0) is 31.9. The van der Waals surface area contributed by atoms with Gasteiger partial charge >= 0.3 is 12.5 Å². The first kappa shape index (κ1) is 32.2. The SMILES string of the molecule is O=C(Cc1cccc(OC(F)(F)F)c1)Nc1nnc(CCC(F)Cn2cc(C(=O)NCc3cccc(C(F)(F)F)n3)nn2)s1. The molecule has 0 saturated carbocycles. The van der Waals surface area contributed by atoms with E-state index in [1.165, 1.54) is 24.4 Å². The average Bonchev–Trinajstić information content (AvgIpc) is 3.59. The van der Waals surface area contributed by atoms with Gasteiger partial charge in [-0.2, -0.15) is 13.2 Å². The van der Waals surface area contributed by atoms with Gasteiger partial charge in [-0.15, -0.1) is 28.5 Å². The van der Waals surface area contributed by atoms with E-state index in [1.807, 2.05) is 0 Å². The van der Waals surface area contributed by atoms with Crippen molar-refractivity contribution < 1.29 is 45.1 Å². The van der Waals surface area contributed by atoms with Crippen molar-refractivity contribution in [1.82, 2.24) is 35.5 Å². The van der Waals surface area contributed by atoms with Crippen LogP contribution in [0.5, 0.6) is 5.75 Å². The van der Waals surface area contributed by atoms with Crippen LogP contribution in [0.4, 0.5) is 35.9 Å². The highest BCUT2D eigenvalue weighted by atomic mass is 32.1. The van der Waals surface area contributed by atoms with Gasteiger partial charge in [0.1, 0.15) is 22.6 Å². The van der Waals surface area contributed by atoms with Crippen molar-refractivity contribution in [2.24, 2.45) is 0 Å². The predicted molar refractivity (Wildman–Crippen MR) is 139 cm³/mol. The molecule has 2 amide bonds. The van der Waals surface area contributed by atoms with Crippen LogP contribution in [-0.4, -0.2) is 54.5 Å². The number of benzene rings is 1. The van der Waals surface area contributed by atoms with E-state index in [0.29, 0.717) is 5.01 Å².